The Kier molecular flexibility index (Phi) is 4.61. The van der Waals surface area contributed by atoms with Crippen molar-refractivity contribution in [1.82, 2.24) is 20.3 Å². The van der Waals surface area contributed by atoms with Crippen LogP contribution in [-0.4, -0.2) is 26.5 Å². The van der Waals surface area contributed by atoms with Crippen LogP contribution in [0.2, 0.25) is 0 Å². The fraction of sp³-hybridized carbons (Fsp3) is 0.143. The number of anilines is 2. The Bertz CT molecular complexity index is 1070. The van der Waals surface area contributed by atoms with Gasteiger partial charge in [0.1, 0.15) is 0 Å². The van der Waals surface area contributed by atoms with Crippen LogP contribution in [0.3, 0.4) is 0 Å². The quantitative estimate of drug-likeness (QED) is 0.532. The van der Waals surface area contributed by atoms with Gasteiger partial charge in [-0.05, 0) is 38.9 Å². The standard InChI is InChI=1S/C21H20N6/c1-15(2)17-12-10-16(11-13-17)14-22-27-21(24-25-26-27)23-20-9-5-7-18-6-3-4-8-19(18)20/h3-15H,1-2H3,(H,23,24,26). The van der Waals surface area contributed by atoms with Gasteiger partial charge in [0.25, 0.3) is 5.95 Å². The molecule has 0 atom stereocenters. The van der Waals surface area contributed by atoms with Gasteiger partial charge >= 0.3 is 0 Å². The van der Waals surface area contributed by atoms with Gasteiger partial charge in [0.05, 0.1) is 6.21 Å². The molecular formula is C21H20N6. The lowest BCUT2D eigenvalue weighted by atomic mass is 10.0. The molecule has 6 heteroatoms. The number of benzene rings is 3. The molecule has 3 aromatic carbocycles. The Balaban J connectivity index is 1.57. The largest absolute Gasteiger partial charge is 0.321 e. The van der Waals surface area contributed by atoms with Gasteiger partial charge < -0.3 is 5.32 Å². The molecule has 0 unspecified atom stereocenters. The van der Waals surface area contributed by atoms with Crippen LogP contribution >= 0.6 is 0 Å². The van der Waals surface area contributed by atoms with Gasteiger partial charge in [-0.1, -0.05) is 84.4 Å². The van der Waals surface area contributed by atoms with Crippen LogP contribution in [0.5, 0.6) is 0 Å². The van der Waals surface area contributed by atoms with Crippen LogP contribution in [-0.2, 0) is 0 Å². The van der Waals surface area contributed by atoms with Crippen LogP contribution in [0, 0.1) is 0 Å². The summed E-state index contributed by atoms with van der Waals surface area (Å²) in [4.78, 5) is 1.39. The summed E-state index contributed by atoms with van der Waals surface area (Å²) >= 11 is 0. The second-order valence-corrected chi connectivity index (χ2v) is 6.61. The second-order valence-electron chi connectivity index (χ2n) is 6.61. The van der Waals surface area contributed by atoms with E-state index in [0.29, 0.717) is 11.9 Å². The minimum absolute atomic E-state index is 0.460. The van der Waals surface area contributed by atoms with Crippen LogP contribution in [0.4, 0.5) is 11.6 Å². The number of hydrogen-bond acceptors (Lipinski definition) is 5. The summed E-state index contributed by atoms with van der Waals surface area (Å²) in [5, 5.41) is 21.6. The Morgan fingerprint density at radius 2 is 1.74 bits per heavy atom. The number of rotatable bonds is 5. The molecule has 0 bridgehead atoms. The first-order chi connectivity index (χ1) is 13.2. The zero-order valence-corrected chi connectivity index (χ0v) is 15.2. The van der Waals surface area contributed by atoms with Gasteiger partial charge in [-0.3, -0.25) is 0 Å². The first-order valence-electron chi connectivity index (χ1n) is 8.88. The maximum atomic E-state index is 4.38. The lowest BCUT2D eigenvalue weighted by molar-refractivity contribution is 0.699. The number of nitrogens with zero attached hydrogens (tertiary/aromatic N) is 5. The summed E-state index contributed by atoms with van der Waals surface area (Å²) in [7, 11) is 0. The molecule has 1 aromatic heterocycles. The van der Waals surface area contributed by atoms with Gasteiger partial charge in [-0.2, -0.15) is 5.10 Å². The number of aromatic nitrogens is 4. The van der Waals surface area contributed by atoms with Gasteiger partial charge in [-0.15, -0.1) is 0 Å². The summed E-state index contributed by atoms with van der Waals surface area (Å²) in [6, 6.07) is 22.5. The predicted octanol–water partition coefficient (Wildman–Crippen LogP) is 4.58. The van der Waals surface area contributed by atoms with E-state index < -0.39 is 0 Å². The molecule has 4 rings (SSSR count). The molecule has 1 heterocycles. The van der Waals surface area contributed by atoms with E-state index in [1.807, 2.05) is 36.4 Å². The van der Waals surface area contributed by atoms with Crippen LogP contribution < -0.4 is 5.32 Å². The predicted molar refractivity (Wildman–Crippen MR) is 109 cm³/mol. The fourth-order valence-corrected chi connectivity index (χ4v) is 2.88. The van der Waals surface area contributed by atoms with Gasteiger partial charge in [0.2, 0.25) is 0 Å². The van der Waals surface area contributed by atoms with Crippen molar-refractivity contribution >= 4 is 28.6 Å². The van der Waals surface area contributed by atoms with Crippen LogP contribution in [0.25, 0.3) is 10.8 Å². The monoisotopic (exact) mass is 356 g/mol. The Labute approximate surface area is 157 Å². The fourth-order valence-electron chi connectivity index (χ4n) is 2.88. The van der Waals surface area contributed by atoms with Gasteiger partial charge in [0.15, 0.2) is 0 Å². The smallest absolute Gasteiger partial charge is 0.269 e. The molecule has 0 radical (unpaired) electrons. The van der Waals surface area contributed by atoms with E-state index >= 15 is 0 Å². The summed E-state index contributed by atoms with van der Waals surface area (Å²) in [5.74, 6) is 0.966. The van der Waals surface area contributed by atoms with Crippen molar-refractivity contribution in [3.05, 3.63) is 77.9 Å². The van der Waals surface area contributed by atoms with Gasteiger partial charge in [0, 0.05) is 11.1 Å². The second kappa shape index (κ2) is 7.37. The lowest BCUT2D eigenvalue weighted by Gasteiger charge is -2.07. The maximum absolute atomic E-state index is 4.38. The molecule has 0 saturated heterocycles. The molecule has 0 aliphatic heterocycles. The average Bonchev–Trinajstić information content (AvgIpc) is 3.14. The molecule has 27 heavy (non-hydrogen) atoms. The summed E-state index contributed by atoms with van der Waals surface area (Å²) < 4.78 is 0. The lowest BCUT2D eigenvalue weighted by Crippen LogP contribution is -2.01. The highest BCUT2D eigenvalue weighted by molar-refractivity contribution is 5.94. The van der Waals surface area contributed by atoms with Gasteiger partial charge in [-0.25, -0.2) is 0 Å². The summed E-state index contributed by atoms with van der Waals surface area (Å²) in [6.45, 7) is 4.35. The molecule has 0 saturated carbocycles. The Hall–Kier alpha value is -3.54. The van der Waals surface area contributed by atoms with E-state index in [0.717, 1.165) is 22.0 Å². The van der Waals surface area contributed by atoms with E-state index in [9.17, 15) is 0 Å². The van der Waals surface area contributed by atoms with E-state index in [1.54, 1.807) is 6.21 Å². The van der Waals surface area contributed by atoms with Crippen molar-refractivity contribution < 1.29 is 0 Å². The molecular weight excluding hydrogens is 336 g/mol. The summed E-state index contributed by atoms with van der Waals surface area (Å²) in [6.07, 6.45) is 1.74. The number of hydrogen-bond donors (Lipinski definition) is 1. The highest BCUT2D eigenvalue weighted by atomic mass is 15.7. The SMILES string of the molecule is CC(C)c1ccc(C=Nn2nnnc2Nc2cccc3ccccc23)cc1. The minimum Gasteiger partial charge on any atom is -0.321 e. The molecule has 134 valence electrons. The van der Waals surface area contributed by atoms with Crippen molar-refractivity contribution in [3.8, 4) is 0 Å². The number of fused-ring (bicyclic) bond motifs is 1. The highest BCUT2D eigenvalue weighted by Crippen LogP contribution is 2.25. The summed E-state index contributed by atoms with van der Waals surface area (Å²) in [5.41, 5.74) is 3.22. The number of tetrazole rings is 1. The first-order valence-corrected chi connectivity index (χ1v) is 8.88. The number of nitrogens with one attached hydrogen (secondary N) is 1. The van der Waals surface area contributed by atoms with Crippen molar-refractivity contribution in [2.75, 3.05) is 5.32 Å². The molecule has 0 amide bonds. The van der Waals surface area contributed by atoms with Crippen molar-refractivity contribution in [2.24, 2.45) is 5.10 Å². The van der Waals surface area contributed by atoms with E-state index in [-0.39, 0.29) is 0 Å². The van der Waals surface area contributed by atoms with Crippen LogP contribution in [0.15, 0.2) is 71.8 Å². The zero-order chi connectivity index (χ0) is 18.6. The molecule has 0 aliphatic carbocycles. The van der Waals surface area contributed by atoms with Crippen LogP contribution in [0.1, 0.15) is 30.9 Å². The van der Waals surface area contributed by atoms with Crippen molar-refractivity contribution in [1.29, 1.82) is 0 Å². The third-order valence-corrected chi connectivity index (χ3v) is 4.41. The Morgan fingerprint density at radius 3 is 2.56 bits per heavy atom. The topological polar surface area (TPSA) is 68.0 Å². The average molecular weight is 356 g/mol. The normalized spacial score (nSPS) is 11.5. The van der Waals surface area contributed by atoms with Crippen molar-refractivity contribution in [2.45, 2.75) is 19.8 Å². The molecule has 1 N–H and O–H groups in total. The molecule has 0 fully saturated rings. The van der Waals surface area contributed by atoms with E-state index in [1.165, 1.54) is 10.4 Å². The molecule has 4 aromatic rings. The maximum Gasteiger partial charge on any atom is 0.269 e. The Morgan fingerprint density at radius 1 is 0.963 bits per heavy atom. The van der Waals surface area contributed by atoms with Crippen molar-refractivity contribution in [3.63, 3.8) is 0 Å². The minimum atomic E-state index is 0.460. The first kappa shape index (κ1) is 16.9. The molecule has 6 nitrogen and oxygen atoms in total. The highest BCUT2D eigenvalue weighted by Gasteiger charge is 2.07. The zero-order valence-electron chi connectivity index (χ0n) is 15.2. The van der Waals surface area contributed by atoms with E-state index in [4.69, 9.17) is 0 Å². The molecule has 0 spiro atoms. The third-order valence-electron chi connectivity index (χ3n) is 4.41. The molecule has 0 aliphatic rings. The third kappa shape index (κ3) is 3.69. The van der Waals surface area contributed by atoms with E-state index in [2.05, 4.69) is 70.1 Å².